The van der Waals surface area contributed by atoms with Crippen molar-refractivity contribution in [1.29, 1.82) is 0 Å². The standard InChI is InChI=1S/C24H36O2/c1-2-3-4-5-18-6-8-19(9-7-18)20-10-12-21(13-11-20)22-14-16-23(17-15-22)24(25)26/h14-21H,2-13H2,1H3,(H,25,26)/t18-,19-,20?,21?. The maximum Gasteiger partial charge on any atom is 0.335 e. The third-order valence-corrected chi connectivity index (χ3v) is 7.17. The average molecular weight is 357 g/mol. The molecule has 1 aromatic carbocycles. The number of benzene rings is 1. The maximum absolute atomic E-state index is 11.0. The number of hydrogen-bond donors (Lipinski definition) is 1. The van der Waals surface area contributed by atoms with E-state index in [0.717, 1.165) is 17.8 Å². The van der Waals surface area contributed by atoms with Crippen LogP contribution in [0.1, 0.15) is 106 Å². The molecule has 0 amide bonds. The Balaban J connectivity index is 1.42. The fourth-order valence-corrected chi connectivity index (χ4v) is 5.45. The molecule has 0 aliphatic heterocycles. The van der Waals surface area contributed by atoms with Crippen molar-refractivity contribution >= 4 is 5.97 Å². The zero-order valence-corrected chi connectivity index (χ0v) is 16.5. The molecule has 2 saturated carbocycles. The van der Waals surface area contributed by atoms with E-state index in [1.54, 1.807) is 12.1 Å². The number of hydrogen-bond acceptors (Lipinski definition) is 1. The number of aromatic carboxylic acids is 1. The highest BCUT2D eigenvalue weighted by Gasteiger charge is 2.31. The van der Waals surface area contributed by atoms with Crippen molar-refractivity contribution in [3.8, 4) is 0 Å². The first-order valence-corrected chi connectivity index (χ1v) is 11.0. The van der Waals surface area contributed by atoms with Gasteiger partial charge >= 0.3 is 5.97 Å². The monoisotopic (exact) mass is 356 g/mol. The summed E-state index contributed by atoms with van der Waals surface area (Å²) in [4.78, 5) is 11.0. The molecule has 0 bridgehead atoms. The molecule has 0 unspecified atom stereocenters. The molecule has 2 fully saturated rings. The second-order valence-electron chi connectivity index (χ2n) is 8.82. The Kier molecular flexibility index (Phi) is 7.16. The van der Waals surface area contributed by atoms with E-state index in [4.69, 9.17) is 5.11 Å². The van der Waals surface area contributed by atoms with Gasteiger partial charge in [0.1, 0.15) is 0 Å². The van der Waals surface area contributed by atoms with Crippen molar-refractivity contribution in [2.24, 2.45) is 17.8 Å². The first-order valence-electron chi connectivity index (χ1n) is 11.0. The van der Waals surface area contributed by atoms with E-state index in [0.29, 0.717) is 11.5 Å². The highest BCUT2D eigenvalue weighted by Crippen LogP contribution is 2.44. The molecule has 144 valence electrons. The van der Waals surface area contributed by atoms with Gasteiger partial charge in [-0.05, 0) is 79.9 Å². The van der Waals surface area contributed by atoms with Gasteiger partial charge in [0.15, 0.2) is 0 Å². The van der Waals surface area contributed by atoms with Gasteiger partial charge in [0.2, 0.25) is 0 Å². The predicted molar refractivity (Wildman–Crippen MR) is 108 cm³/mol. The van der Waals surface area contributed by atoms with Gasteiger partial charge in [-0.25, -0.2) is 4.79 Å². The number of carboxylic acid groups (broad SMARTS) is 1. The van der Waals surface area contributed by atoms with Gasteiger partial charge in [-0.3, -0.25) is 0 Å². The van der Waals surface area contributed by atoms with Gasteiger partial charge in [0.25, 0.3) is 0 Å². The summed E-state index contributed by atoms with van der Waals surface area (Å²) >= 11 is 0. The van der Waals surface area contributed by atoms with E-state index in [1.165, 1.54) is 82.6 Å². The average Bonchev–Trinajstić information content (AvgIpc) is 2.69. The molecular formula is C24H36O2. The minimum Gasteiger partial charge on any atom is -0.478 e. The molecule has 0 spiro atoms. The number of rotatable bonds is 7. The number of unbranched alkanes of at least 4 members (excludes halogenated alkanes) is 2. The minimum absolute atomic E-state index is 0.401. The van der Waals surface area contributed by atoms with Crippen LogP contribution in [0.5, 0.6) is 0 Å². The Morgan fingerprint density at radius 2 is 1.46 bits per heavy atom. The quantitative estimate of drug-likeness (QED) is 0.532. The molecule has 26 heavy (non-hydrogen) atoms. The van der Waals surface area contributed by atoms with Gasteiger partial charge in [-0.2, -0.15) is 0 Å². The summed E-state index contributed by atoms with van der Waals surface area (Å²) < 4.78 is 0. The molecule has 0 radical (unpaired) electrons. The topological polar surface area (TPSA) is 37.3 Å². The van der Waals surface area contributed by atoms with Crippen LogP contribution in [0.25, 0.3) is 0 Å². The van der Waals surface area contributed by atoms with Crippen LogP contribution in [0, 0.1) is 17.8 Å². The highest BCUT2D eigenvalue weighted by molar-refractivity contribution is 5.87. The summed E-state index contributed by atoms with van der Waals surface area (Å²) in [6.07, 6.45) is 16.9. The van der Waals surface area contributed by atoms with Crippen LogP contribution in [0.4, 0.5) is 0 Å². The van der Waals surface area contributed by atoms with Crippen LogP contribution in [-0.2, 0) is 0 Å². The lowest BCUT2D eigenvalue weighted by Gasteiger charge is -2.38. The van der Waals surface area contributed by atoms with Gasteiger partial charge in [-0.1, -0.05) is 57.6 Å². The van der Waals surface area contributed by atoms with Crippen LogP contribution in [-0.4, -0.2) is 11.1 Å². The first-order chi connectivity index (χ1) is 12.7. The lowest BCUT2D eigenvalue weighted by Crippen LogP contribution is -2.25. The molecule has 0 heterocycles. The van der Waals surface area contributed by atoms with Gasteiger partial charge in [0, 0.05) is 0 Å². The van der Waals surface area contributed by atoms with Crippen LogP contribution in [0.2, 0.25) is 0 Å². The smallest absolute Gasteiger partial charge is 0.335 e. The first kappa shape index (κ1) is 19.5. The second-order valence-corrected chi connectivity index (χ2v) is 8.82. The van der Waals surface area contributed by atoms with Gasteiger partial charge < -0.3 is 5.11 Å². The van der Waals surface area contributed by atoms with E-state index >= 15 is 0 Å². The van der Waals surface area contributed by atoms with E-state index in [-0.39, 0.29) is 0 Å². The van der Waals surface area contributed by atoms with Crippen molar-refractivity contribution in [2.75, 3.05) is 0 Å². The Labute approximate surface area is 159 Å². The van der Waals surface area contributed by atoms with Gasteiger partial charge in [-0.15, -0.1) is 0 Å². The third-order valence-electron chi connectivity index (χ3n) is 7.17. The number of carbonyl (C=O) groups is 1. The van der Waals surface area contributed by atoms with Crippen molar-refractivity contribution < 1.29 is 9.90 Å². The SMILES string of the molecule is CCCCC[C@H]1CC[C@H](C2CCC(c3ccc(C(=O)O)cc3)CC2)CC1. The molecule has 1 N–H and O–H groups in total. The molecule has 2 heteroatoms. The molecule has 0 atom stereocenters. The van der Waals surface area contributed by atoms with Gasteiger partial charge in [0.05, 0.1) is 5.56 Å². The molecule has 1 aromatic rings. The summed E-state index contributed by atoms with van der Waals surface area (Å²) in [6.45, 7) is 2.30. The maximum atomic E-state index is 11.0. The fourth-order valence-electron chi connectivity index (χ4n) is 5.45. The molecule has 2 nitrogen and oxygen atoms in total. The Hall–Kier alpha value is -1.31. The minimum atomic E-state index is -0.828. The summed E-state index contributed by atoms with van der Waals surface area (Å²) in [5.74, 6) is 2.75. The van der Waals surface area contributed by atoms with Crippen molar-refractivity contribution in [2.45, 2.75) is 89.9 Å². The molecular weight excluding hydrogens is 320 g/mol. The molecule has 2 aliphatic carbocycles. The summed E-state index contributed by atoms with van der Waals surface area (Å²) in [7, 11) is 0. The second kappa shape index (κ2) is 9.58. The molecule has 3 rings (SSSR count). The van der Waals surface area contributed by atoms with E-state index in [9.17, 15) is 4.79 Å². The number of carboxylic acids is 1. The Bertz CT molecular complexity index is 546. The largest absolute Gasteiger partial charge is 0.478 e. The highest BCUT2D eigenvalue weighted by atomic mass is 16.4. The van der Waals surface area contributed by atoms with Crippen molar-refractivity contribution in [3.63, 3.8) is 0 Å². The summed E-state index contributed by atoms with van der Waals surface area (Å²) in [5, 5.41) is 9.04. The Morgan fingerprint density at radius 1 is 0.885 bits per heavy atom. The molecule has 0 aromatic heterocycles. The van der Waals surface area contributed by atoms with E-state index in [1.807, 2.05) is 12.1 Å². The summed E-state index contributed by atoms with van der Waals surface area (Å²) in [6, 6.07) is 7.61. The van der Waals surface area contributed by atoms with Crippen LogP contribution >= 0.6 is 0 Å². The zero-order valence-electron chi connectivity index (χ0n) is 16.5. The molecule has 0 saturated heterocycles. The van der Waals surface area contributed by atoms with Crippen LogP contribution < -0.4 is 0 Å². The predicted octanol–water partition coefficient (Wildman–Crippen LogP) is 7.05. The third kappa shape index (κ3) is 5.11. The Morgan fingerprint density at radius 3 is 2.00 bits per heavy atom. The lowest BCUT2D eigenvalue weighted by molar-refractivity contribution is 0.0697. The van der Waals surface area contributed by atoms with Crippen LogP contribution in [0.3, 0.4) is 0 Å². The van der Waals surface area contributed by atoms with E-state index < -0.39 is 5.97 Å². The van der Waals surface area contributed by atoms with E-state index in [2.05, 4.69) is 6.92 Å². The van der Waals surface area contributed by atoms with Crippen molar-refractivity contribution in [3.05, 3.63) is 35.4 Å². The van der Waals surface area contributed by atoms with Crippen molar-refractivity contribution in [1.82, 2.24) is 0 Å². The van der Waals surface area contributed by atoms with Crippen LogP contribution in [0.15, 0.2) is 24.3 Å². The molecule has 2 aliphatic rings. The summed E-state index contributed by atoms with van der Waals surface area (Å²) in [5.41, 5.74) is 1.74. The normalized spacial score (nSPS) is 29.4. The zero-order chi connectivity index (χ0) is 18.4. The fraction of sp³-hybridized carbons (Fsp3) is 0.708. The lowest BCUT2D eigenvalue weighted by atomic mass is 9.68.